The second-order valence-corrected chi connectivity index (χ2v) is 8.90. The number of rotatable bonds is 6. The van der Waals surface area contributed by atoms with E-state index in [4.69, 9.17) is 4.74 Å². The number of ether oxygens (including phenoxy) is 1. The predicted octanol–water partition coefficient (Wildman–Crippen LogP) is 4.23. The minimum Gasteiger partial charge on any atom is -0.377 e. The van der Waals surface area contributed by atoms with Crippen LogP contribution in [0.2, 0.25) is 0 Å². The van der Waals surface area contributed by atoms with Crippen LogP contribution in [0.4, 0.5) is 0 Å². The van der Waals surface area contributed by atoms with Gasteiger partial charge in [0.2, 0.25) is 0 Å². The molecule has 31 heavy (non-hydrogen) atoms. The first kappa shape index (κ1) is 20.4. The summed E-state index contributed by atoms with van der Waals surface area (Å²) < 4.78 is 6.21. The van der Waals surface area contributed by atoms with Crippen molar-refractivity contribution < 1.29 is 14.3 Å². The normalized spacial score (nSPS) is 23.7. The fourth-order valence-electron chi connectivity index (χ4n) is 5.41. The van der Waals surface area contributed by atoms with Crippen LogP contribution in [0.1, 0.15) is 70.0 Å². The monoisotopic (exact) mass is 418 g/mol. The van der Waals surface area contributed by atoms with Gasteiger partial charge in [-0.1, -0.05) is 36.4 Å². The van der Waals surface area contributed by atoms with E-state index in [0.29, 0.717) is 36.7 Å². The van der Waals surface area contributed by atoms with Crippen molar-refractivity contribution in [2.45, 2.75) is 50.7 Å². The molecule has 1 fully saturated rings. The summed E-state index contributed by atoms with van der Waals surface area (Å²) >= 11 is 0. The highest BCUT2D eigenvalue weighted by molar-refractivity contribution is 6.21. The molecule has 2 heterocycles. The Bertz CT molecular complexity index is 938. The summed E-state index contributed by atoms with van der Waals surface area (Å²) in [6.07, 6.45) is 6.81. The molecule has 0 radical (unpaired) electrons. The fraction of sp³-hybridized carbons (Fsp3) is 0.462. The molecule has 5 rings (SSSR count). The number of imide groups is 1. The lowest BCUT2D eigenvalue weighted by atomic mass is 9.86. The van der Waals surface area contributed by atoms with Crippen LogP contribution in [0, 0.1) is 0 Å². The number of aryl methyl sites for hydroxylation is 1. The third kappa shape index (κ3) is 4.04. The molecule has 1 saturated heterocycles. The summed E-state index contributed by atoms with van der Waals surface area (Å²) in [5.74, 6) is -0.360. The van der Waals surface area contributed by atoms with Crippen molar-refractivity contribution in [1.82, 2.24) is 9.80 Å². The first-order valence-electron chi connectivity index (χ1n) is 11.6. The highest BCUT2D eigenvalue weighted by Gasteiger charge is 2.35. The van der Waals surface area contributed by atoms with Crippen LogP contribution in [-0.4, -0.2) is 54.0 Å². The van der Waals surface area contributed by atoms with Crippen molar-refractivity contribution in [3.63, 3.8) is 0 Å². The average molecular weight is 419 g/mol. The maximum atomic E-state index is 12.5. The van der Waals surface area contributed by atoms with Crippen molar-refractivity contribution in [2.75, 3.05) is 26.2 Å². The summed E-state index contributed by atoms with van der Waals surface area (Å²) in [6.45, 7) is 3.09. The molecule has 5 nitrogen and oxygen atoms in total. The average Bonchev–Trinajstić information content (AvgIpc) is 3.06. The minimum atomic E-state index is -0.180. The Labute approximate surface area is 184 Å². The van der Waals surface area contributed by atoms with Gasteiger partial charge in [0.25, 0.3) is 11.8 Å². The largest absolute Gasteiger partial charge is 0.377 e. The maximum Gasteiger partial charge on any atom is 0.261 e. The fourth-order valence-corrected chi connectivity index (χ4v) is 5.41. The van der Waals surface area contributed by atoms with Gasteiger partial charge in [-0.15, -0.1) is 0 Å². The van der Waals surface area contributed by atoms with Crippen molar-refractivity contribution in [2.24, 2.45) is 0 Å². The molecule has 0 spiro atoms. The van der Waals surface area contributed by atoms with E-state index >= 15 is 0 Å². The third-order valence-corrected chi connectivity index (χ3v) is 6.95. The van der Waals surface area contributed by atoms with Gasteiger partial charge >= 0.3 is 0 Å². The SMILES string of the molecule is O=C1c2ccccc2C(=O)N1CCCO[C@H]1CCCN(C2CCCc3ccccc32)C1. The standard InChI is InChI=1S/C26H30N2O3/c29-25-22-12-3-4-13-23(22)26(30)28(25)16-7-17-31-20-10-6-15-27(18-20)24-14-5-9-19-8-1-2-11-21(19)24/h1-4,8,11-13,20,24H,5-7,9-10,14-18H2/t20-,24?/m0/s1. The Morgan fingerprint density at radius 1 is 0.903 bits per heavy atom. The molecule has 0 aromatic heterocycles. The van der Waals surface area contributed by atoms with Crippen molar-refractivity contribution in [3.8, 4) is 0 Å². The molecule has 5 heteroatoms. The number of nitrogens with zero attached hydrogens (tertiary/aromatic N) is 2. The number of likely N-dealkylation sites (tertiary alicyclic amines) is 1. The number of hydrogen-bond acceptors (Lipinski definition) is 4. The molecule has 0 bridgehead atoms. The van der Waals surface area contributed by atoms with E-state index in [-0.39, 0.29) is 17.9 Å². The van der Waals surface area contributed by atoms with Gasteiger partial charge in [-0.25, -0.2) is 0 Å². The van der Waals surface area contributed by atoms with Gasteiger partial charge in [0, 0.05) is 25.7 Å². The van der Waals surface area contributed by atoms with Crippen LogP contribution in [0.5, 0.6) is 0 Å². The van der Waals surface area contributed by atoms with Crippen LogP contribution >= 0.6 is 0 Å². The molecule has 2 aliphatic heterocycles. The zero-order valence-corrected chi connectivity index (χ0v) is 18.0. The zero-order chi connectivity index (χ0) is 21.2. The van der Waals surface area contributed by atoms with E-state index in [1.807, 2.05) is 0 Å². The second kappa shape index (κ2) is 8.93. The van der Waals surface area contributed by atoms with E-state index in [0.717, 1.165) is 25.9 Å². The first-order valence-corrected chi connectivity index (χ1v) is 11.6. The molecule has 0 saturated carbocycles. The lowest BCUT2D eigenvalue weighted by molar-refractivity contribution is -0.0173. The van der Waals surface area contributed by atoms with E-state index in [1.54, 1.807) is 24.3 Å². The smallest absolute Gasteiger partial charge is 0.261 e. The van der Waals surface area contributed by atoms with Crippen LogP contribution in [0.25, 0.3) is 0 Å². The van der Waals surface area contributed by atoms with Gasteiger partial charge in [0.05, 0.1) is 17.2 Å². The summed E-state index contributed by atoms with van der Waals surface area (Å²) in [4.78, 5) is 28.9. The van der Waals surface area contributed by atoms with Gasteiger partial charge in [-0.3, -0.25) is 19.4 Å². The molecule has 1 aliphatic carbocycles. The third-order valence-electron chi connectivity index (χ3n) is 6.95. The van der Waals surface area contributed by atoms with Crippen molar-refractivity contribution in [3.05, 3.63) is 70.8 Å². The predicted molar refractivity (Wildman–Crippen MR) is 119 cm³/mol. The number of carbonyl (C=O) groups is 2. The molecular weight excluding hydrogens is 388 g/mol. The molecule has 0 N–H and O–H groups in total. The highest BCUT2D eigenvalue weighted by Crippen LogP contribution is 2.36. The number of piperidine rings is 1. The molecule has 3 aliphatic rings. The number of fused-ring (bicyclic) bond motifs is 2. The second-order valence-electron chi connectivity index (χ2n) is 8.90. The molecule has 2 aromatic carbocycles. The van der Waals surface area contributed by atoms with Crippen LogP contribution in [0.15, 0.2) is 48.5 Å². The van der Waals surface area contributed by atoms with Crippen LogP contribution in [0.3, 0.4) is 0 Å². The van der Waals surface area contributed by atoms with Gasteiger partial charge in [-0.05, 0) is 68.3 Å². The molecule has 2 aromatic rings. The highest BCUT2D eigenvalue weighted by atomic mass is 16.5. The molecule has 1 unspecified atom stereocenters. The number of benzene rings is 2. The Morgan fingerprint density at radius 3 is 2.45 bits per heavy atom. The minimum absolute atomic E-state index is 0.180. The summed E-state index contributed by atoms with van der Waals surface area (Å²) in [6, 6.07) is 16.5. The van der Waals surface area contributed by atoms with Crippen molar-refractivity contribution in [1.29, 1.82) is 0 Å². The molecular formula is C26H30N2O3. The Hall–Kier alpha value is -2.50. The van der Waals surface area contributed by atoms with Gasteiger partial charge in [0.15, 0.2) is 0 Å². The molecule has 2 atom stereocenters. The Kier molecular flexibility index (Phi) is 5.88. The summed E-state index contributed by atoms with van der Waals surface area (Å²) in [5.41, 5.74) is 4.04. The molecule has 2 amide bonds. The maximum absolute atomic E-state index is 12.5. The Morgan fingerprint density at radius 2 is 1.65 bits per heavy atom. The van der Waals surface area contributed by atoms with E-state index in [2.05, 4.69) is 29.2 Å². The molecule has 162 valence electrons. The number of carbonyl (C=O) groups excluding carboxylic acids is 2. The summed E-state index contributed by atoms with van der Waals surface area (Å²) in [7, 11) is 0. The van der Waals surface area contributed by atoms with Crippen molar-refractivity contribution >= 4 is 11.8 Å². The van der Waals surface area contributed by atoms with E-state index in [1.165, 1.54) is 35.3 Å². The van der Waals surface area contributed by atoms with Gasteiger partial charge in [-0.2, -0.15) is 0 Å². The van der Waals surface area contributed by atoms with Crippen LogP contribution < -0.4 is 0 Å². The first-order chi connectivity index (χ1) is 15.2. The van der Waals surface area contributed by atoms with Gasteiger partial charge in [0.1, 0.15) is 0 Å². The number of hydrogen-bond donors (Lipinski definition) is 0. The lowest BCUT2D eigenvalue weighted by Crippen LogP contribution is -2.43. The van der Waals surface area contributed by atoms with Gasteiger partial charge < -0.3 is 4.74 Å². The number of amides is 2. The van der Waals surface area contributed by atoms with Crippen LogP contribution in [-0.2, 0) is 11.2 Å². The van der Waals surface area contributed by atoms with E-state index < -0.39 is 0 Å². The Balaban J connectivity index is 1.12. The lowest BCUT2D eigenvalue weighted by Gasteiger charge is -2.40. The quantitative estimate of drug-likeness (QED) is 0.520. The topological polar surface area (TPSA) is 49.9 Å². The zero-order valence-electron chi connectivity index (χ0n) is 18.0. The summed E-state index contributed by atoms with van der Waals surface area (Å²) in [5, 5.41) is 0. The van der Waals surface area contributed by atoms with E-state index in [9.17, 15) is 9.59 Å².